The summed E-state index contributed by atoms with van der Waals surface area (Å²) < 4.78 is 19.0. The van der Waals surface area contributed by atoms with E-state index in [9.17, 15) is 4.39 Å². The van der Waals surface area contributed by atoms with E-state index in [1.165, 1.54) is 12.1 Å². The van der Waals surface area contributed by atoms with E-state index in [1.54, 1.807) is 13.2 Å². The van der Waals surface area contributed by atoms with E-state index in [1.807, 2.05) is 18.2 Å². The lowest BCUT2D eigenvalue weighted by Crippen LogP contribution is -2.33. The van der Waals surface area contributed by atoms with Crippen molar-refractivity contribution in [1.82, 2.24) is 5.43 Å². The van der Waals surface area contributed by atoms with Crippen molar-refractivity contribution in [3.8, 4) is 5.75 Å². The number of hydrogen-bond donors (Lipinski definition) is 2. The Morgan fingerprint density at radius 2 is 1.90 bits per heavy atom. The largest absolute Gasteiger partial charge is 0.496 e. The minimum absolute atomic E-state index is 0.131. The van der Waals surface area contributed by atoms with E-state index in [0.29, 0.717) is 5.75 Å². The SMILES string of the molecule is CCC(c1ccccc1)C(NN)c1cc(F)ccc1OC. The van der Waals surface area contributed by atoms with Gasteiger partial charge in [0.15, 0.2) is 0 Å². The highest BCUT2D eigenvalue weighted by atomic mass is 19.1. The third kappa shape index (κ3) is 3.40. The molecule has 0 saturated carbocycles. The quantitative estimate of drug-likeness (QED) is 0.631. The molecule has 0 aliphatic heterocycles. The van der Waals surface area contributed by atoms with Gasteiger partial charge in [-0.3, -0.25) is 11.3 Å². The number of methoxy groups -OCH3 is 1. The van der Waals surface area contributed by atoms with Crippen molar-refractivity contribution >= 4 is 0 Å². The molecule has 0 heterocycles. The smallest absolute Gasteiger partial charge is 0.123 e. The molecular weight excluding hydrogens is 267 g/mol. The van der Waals surface area contributed by atoms with Crippen LogP contribution in [0.3, 0.4) is 0 Å². The molecule has 0 aliphatic carbocycles. The van der Waals surface area contributed by atoms with Gasteiger partial charge < -0.3 is 4.74 Å². The molecule has 0 radical (unpaired) electrons. The van der Waals surface area contributed by atoms with E-state index < -0.39 is 0 Å². The number of nitrogens with one attached hydrogen (secondary N) is 1. The zero-order chi connectivity index (χ0) is 15.2. The second-order valence-corrected chi connectivity index (χ2v) is 4.96. The van der Waals surface area contributed by atoms with Crippen LogP contribution in [0.5, 0.6) is 5.75 Å². The van der Waals surface area contributed by atoms with Gasteiger partial charge in [-0.2, -0.15) is 0 Å². The Labute approximate surface area is 124 Å². The molecule has 0 bridgehead atoms. The first-order valence-electron chi connectivity index (χ1n) is 7.05. The third-order valence-electron chi connectivity index (χ3n) is 3.78. The summed E-state index contributed by atoms with van der Waals surface area (Å²) >= 11 is 0. The maximum Gasteiger partial charge on any atom is 0.123 e. The number of hydrazine groups is 1. The Morgan fingerprint density at radius 1 is 1.19 bits per heavy atom. The second kappa shape index (κ2) is 7.20. The molecule has 4 heteroatoms. The summed E-state index contributed by atoms with van der Waals surface area (Å²) in [4.78, 5) is 0. The van der Waals surface area contributed by atoms with Crippen molar-refractivity contribution in [1.29, 1.82) is 0 Å². The molecule has 2 aromatic carbocycles. The van der Waals surface area contributed by atoms with Crippen molar-refractivity contribution in [3.05, 3.63) is 65.5 Å². The fraction of sp³-hybridized carbons (Fsp3) is 0.294. The maximum atomic E-state index is 13.6. The zero-order valence-electron chi connectivity index (χ0n) is 12.3. The van der Waals surface area contributed by atoms with Crippen molar-refractivity contribution in [2.75, 3.05) is 7.11 Å². The van der Waals surface area contributed by atoms with Gasteiger partial charge in [-0.25, -0.2) is 4.39 Å². The molecule has 0 amide bonds. The summed E-state index contributed by atoms with van der Waals surface area (Å²) in [7, 11) is 1.58. The van der Waals surface area contributed by atoms with E-state index in [0.717, 1.165) is 17.5 Å². The monoisotopic (exact) mass is 288 g/mol. The Hall–Kier alpha value is -1.91. The maximum absolute atomic E-state index is 13.6. The Morgan fingerprint density at radius 3 is 2.48 bits per heavy atom. The van der Waals surface area contributed by atoms with Crippen LogP contribution in [0.15, 0.2) is 48.5 Å². The number of halogens is 1. The average Bonchev–Trinajstić information content (AvgIpc) is 2.53. The van der Waals surface area contributed by atoms with E-state index in [4.69, 9.17) is 10.6 Å². The molecule has 0 spiro atoms. The third-order valence-corrected chi connectivity index (χ3v) is 3.78. The van der Waals surface area contributed by atoms with Gasteiger partial charge in [-0.05, 0) is 30.2 Å². The fourth-order valence-corrected chi connectivity index (χ4v) is 2.74. The average molecular weight is 288 g/mol. The van der Waals surface area contributed by atoms with Crippen molar-refractivity contribution in [3.63, 3.8) is 0 Å². The van der Waals surface area contributed by atoms with E-state index in [2.05, 4.69) is 24.5 Å². The van der Waals surface area contributed by atoms with Crippen LogP contribution in [-0.2, 0) is 0 Å². The molecule has 3 N–H and O–H groups in total. The normalized spacial score (nSPS) is 13.7. The van der Waals surface area contributed by atoms with E-state index in [-0.39, 0.29) is 17.8 Å². The lowest BCUT2D eigenvalue weighted by Gasteiger charge is -2.27. The molecule has 2 rings (SSSR count). The summed E-state index contributed by atoms with van der Waals surface area (Å²) in [6, 6.07) is 14.4. The first kappa shape index (κ1) is 15.5. The molecule has 112 valence electrons. The molecular formula is C17H21FN2O. The first-order valence-corrected chi connectivity index (χ1v) is 7.05. The first-order chi connectivity index (χ1) is 10.2. The van der Waals surface area contributed by atoms with Crippen molar-refractivity contribution in [2.24, 2.45) is 5.84 Å². The number of benzene rings is 2. The minimum atomic E-state index is -0.297. The molecule has 2 atom stereocenters. The predicted octanol–water partition coefficient (Wildman–Crippen LogP) is 3.53. The summed E-state index contributed by atoms with van der Waals surface area (Å²) in [5.74, 6) is 6.23. The molecule has 2 unspecified atom stereocenters. The van der Waals surface area contributed by atoms with Gasteiger partial charge in [0.25, 0.3) is 0 Å². The lowest BCUT2D eigenvalue weighted by molar-refractivity contribution is 0.381. The van der Waals surface area contributed by atoms with Gasteiger partial charge >= 0.3 is 0 Å². The molecule has 0 saturated heterocycles. The van der Waals surface area contributed by atoms with Gasteiger partial charge in [0.05, 0.1) is 13.2 Å². The fourth-order valence-electron chi connectivity index (χ4n) is 2.74. The summed E-state index contributed by atoms with van der Waals surface area (Å²) in [6.45, 7) is 2.09. The number of rotatable bonds is 6. The molecule has 0 aromatic heterocycles. The highest BCUT2D eigenvalue weighted by molar-refractivity contribution is 5.39. The van der Waals surface area contributed by atoms with Crippen LogP contribution in [0.4, 0.5) is 4.39 Å². The Kier molecular flexibility index (Phi) is 5.31. The van der Waals surface area contributed by atoms with Gasteiger partial charge in [-0.15, -0.1) is 0 Å². The molecule has 0 fully saturated rings. The van der Waals surface area contributed by atoms with Crippen LogP contribution in [0.1, 0.15) is 36.4 Å². The molecule has 2 aromatic rings. The van der Waals surface area contributed by atoms with Crippen molar-refractivity contribution in [2.45, 2.75) is 25.3 Å². The van der Waals surface area contributed by atoms with Crippen LogP contribution >= 0.6 is 0 Å². The zero-order valence-corrected chi connectivity index (χ0v) is 12.3. The number of ether oxygens (including phenoxy) is 1. The van der Waals surface area contributed by atoms with Gasteiger partial charge in [-0.1, -0.05) is 37.3 Å². The van der Waals surface area contributed by atoms with Crippen LogP contribution in [0.25, 0.3) is 0 Å². The highest BCUT2D eigenvalue weighted by Crippen LogP contribution is 2.37. The summed E-state index contributed by atoms with van der Waals surface area (Å²) in [5.41, 5.74) is 4.72. The standard InChI is InChI=1S/C17H21FN2O/c1-3-14(12-7-5-4-6-8-12)17(20-19)15-11-13(18)9-10-16(15)21-2/h4-11,14,17,20H,3,19H2,1-2H3. The summed E-state index contributed by atoms with van der Waals surface area (Å²) in [5, 5.41) is 0. The van der Waals surface area contributed by atoms with Crippen molar-refractivity contribution < 1.29 is 9.13 Å². The van der Waals surface area contributed by atoms with E-state index >= 15 is 0 Å². The molecule has 21 heavy (non-hydrogen) atoms. The van der Waals surface area contributed by atoms with Crippen LogP contribution in [-0.4, -0.2) is 7.11 Å². The highest BCUT2D eigenvalue weighted by Gasteiger charge is 2.25. The van der Waals surface area contributed by atoms with Gasteiger partial charge in [0, 0.05) is 11.5 Å². The van der Waals surface area contributed by atoms with Crippen LogP contribution in [0, 0.1) is 5.82 Å². The van der Waals surface area contributed by atoms with Crippen LogP contribution < -0.4 is 16.0 Å². The number of nitrogens with two attached hydrogens (primary N) is 1. The summed E-state index contributed by atoms with van der Waals surface area (Å²) in [6.07, 6.45) is 0.874. The minimum Gasteiger partial charge on any atom is -0.496 e. The Bertz CT molecular complexity index is 574. The Balaban J connectivity index is 2.45. The number of hydrogen-bond acceptors (Lipinski definition) is 3. The second-order valence-electron chi connectivity index (χ2n) is 4.96. The predicted molar refractivity (Wildman–Crippen MR) is 82.5 cm³/mol. The molecule has 0 aliphatic rings. The lowest BCUT2D eigenvalue weighted by atomic mass is 9.85. The van der Waals surface area contributed by atoms with Gasteiger partial charge in [0.1, 0.15) is 11.6 Å². The topological polar surface area (TPSA) is 47.3 Å². The van der Waals surface area contributed by atoms with Crippen LogP contribution in [0.2, 0.25) is 0 Å². The van der Waals surface area contributed by atoms with Gasteiger partial charge in [0.2, 0.25) is 0 Å². The molecule has 3 nitrogen and oxygen atoms in total.